The van der Waals surface area contributed by atoms with Crippen molar-refractivity contribution < 1.29 is 14.0 Å². The number of nitrogen functional groups attached to an aromatic ring is 1. The number of hydrogen-bond donors (Lipinski definition) is 2. The van der Waals surface area contributed by atoms with E-state index in [4.69, 9.17) is 22.4 Å². The van der Waals surface area contributed by atoms with Crippen LogP contribution in [0.5, 0.6) is 5.75 Å². The first-order chi connectivity index (χ1) is 7.09. The minimum Gasteiger partial charge on any atom is -0.506 e. The van der Waals surface area contributed by atoms with E-state index in [1.54, 1.807) is 0 Å². The molecule has 78 valence electrons. The lowest BCUT2D eigenvalue weighted by atomic mass is 10.1. The number of phenols is 1. The molecule has 0 atom stereocenters. The maximum Gasteiger partial charge on any atom is 0.230 e. The van der Waals surface area contributed by atoms with Crippen molar-refractivity contribution in [1.82, 2.24) is 5.16 Å². The number of rotatable bonds is 1. The van der Waals surface area contributed by atoms with Gasteiger partial charge in [-0.3, -0.25) is 0 Å². The zero-order valence-electron chi connectivity index (χ0n) is 7.37. The Morgan fingerprint density at radius 3 is 2.73 bits per heavy atom. The van der Waals surface area contributed by atoms with Crippen LogP contribution >= 0.6 is 11.6 Å². The molecule has 6 heteroatoms. The molecule has 0 aliphatic heterocycles. The summed E-state index contributed by atoms with van der Waals surface area (Å²) in [6.45, 7) is 0. The number of nitrogens with zero attached hydrogens (tertiary/aromatic N) is 1. The van der Waals surface area contributed by atoms with Gasteiger partial charge >= 0.3 is 0 Å². The number of phenolic OH excluding ortho intramolecular Hbond substituents is 1. The van der Waals surface area contributed by atoms with E-state index < -0.39 is 5.82 Å². The fraction of sp³-hybridized carbons (Fsp3) is 0. The third-order valence-electron chi connectivity index (χ3n) is 1.92. The summed E-state index contributed by atoms with van der Waals surface area (Å²) in [6.07, 6.45) is 1.28. The molecule has 1 aromatic heterocycles. The van der Waals surface area contributed by atoms with E-state index in [2.05, 4.69) is 9.68 Å². The van der Waals surface area contributed by atoms with Gasteiger partial charge in [-0.05, 0) is 6.07 Å². The number of nitrogens with two attached hydrogens (primary N) is 1. The quantitative estimate of drug-likeness (QED) is 0.786. The lowest BCUT2D eigenvalue weighted by Crippen LogP contribution is -1.88. The summed E-state index contributed by atoms with van der Waals surface area (Å²) in [5.41, 5.74) is 5.86. The van der Waals surface area contributed by atoms with Crippen LogP contribution in [-0.2, 0) is 0 Å². The maximum atomic E-state index is 13.4. The molecule has 1 aromatic carbocycles. The first-order valence-electron chi connectivity index (χ1n) is 3.98. The van der Waals surface area contributed by atoms with Gasteiger partial charge in [0.2, 0.25) is 5.88 Å². The minimum atomic E-state index is -0.646. The molecular formula is C9H6ClFN2O2. The molecule has 0 fully saturated rings. The van der Waals surface area contributed by atoms with Crippen LogP contribution in [0.15, 0.2) is 22.9 Å². The average Bonchev–Trinajstić information content (AvgIpc) is 2.58. The molecule has 0 spiro atoms. The van der Waals surface area contributed by atoms with E-state index in [9.17, 15) is 4.39 Å². The maximum absolute atomic E-state index is 13.4. The molecule has 0 saturated carbocycles. The van der Waals surface area contributed by atoms with Gasteiger partial charge in [-0.15, -0.1) is 0 Å². The van der Waals surface area contributed by atoms with Crippen molar-refractivity contribution in [1.29, 1.82) is 0 Å². The molecule has 0 saturated heterocycles. The highest BCUT2D eigenvalue weighted by atomic mass is 35.5. The largest absolute Gasteiger partial charge is 0.506 e. The predicted octanol–water partition coefficient (Wildman–Crippen LogP) is 2.42. The van der Waals surface area contributed by atoms with E-state index in [0.29, 0.717) is 5.56 Å². The Morgan fingerprint density at radius 1 is 1.40 bits per heavy atom. The topological polar surface area (TPSA) is 72.3 Å². The third-order valence-corrected chi connectivity index (χ3v) is 2.23. The third kappa shape index (κ3) is 1.61. The van der Waals surface area contributed by atoms with Crippen LogP contribution < -0.4 is 5.73 Å². The fourth-order valence-electron chi connectivity index (χ4n) is 1.19. The molecular weight excluding hydrogens is 223 g/mol. The van der Waals surface area contributed by atoms with Crippen molar-refractivity contribution in [3.8, 4) is 16.9 Å². The van der Waals surface area contributed by atoms with Crippen molar-refractivity contribution in [2.45, 2.75) is 0 Å². The normalized spacial score (nSPS) is 10.5. The second-order valence-corrected chi connectivity index (χ2v) is 3.29. The summed E-state index contributed by atoms with van der Waals surface area (Å²) in [7, 11) is 0. The molecule has 2 rings (SSSR count). The molecule has 0 amide bonds. The molecule has 0 aliphatic carbocycles. The van der Waals surface area contributed by atoms with Gasteiger partial charge in [0.25, 0.3) is 0 Å². The Labute approximate surface area is 89.1 Å². The zero-order valence-corrected chi connectivity index (χ0v) is 8.12. The van der Waals surface area contributed by atoms with E-state index in [0.717, 1.165) is 6.07 Å². The van der Waals surface area contributed by atoms with Gasteiger partial charge in [-0.1, -0.05) is 16.8 Å². The van der Waals surface area contributed by atoms with Gasteiger partial charge in [0, 0.05) is 11.6 Å². The Kier molecular flexibility index (Phi) is 2.24. The van der Waals surface area contributed by atoms with Gasteiger partial charge in [-0.25, -0.2) is 4.39 Å². The van der Waals surface area contributed by atoms with Gasteiger partial charge in [-0.2, -0.15) is 0 Å². The number of anilines is 1. The summed E-state index contributed by atoms with van der Waals surface area (Å²) in [4.78, 5) is 0. The monoisotopic (exact) mass is 228 g/mol. The lowest BCUT2D eigenvalue weighted by Gasteiger charge is -2.03. The zero-order chi connectivity index (χ0) is 11.0. The summed E-state index contributed by atoms with van der Waals surface area (Å²) < 4.78 is 18.0. The number of aromatic nitrogens is 1. The molecule has 15 heavy (non-hydrogen) atoms. The number of hydrogen-bond acceptors (Lipinski definition) is 4. The van der Waals surface area contributed by atoms with Crippen LogP contribution in [0.2, 0.25) is 5.02 Å². The smallest absolute Gasteiger partial charge is 0.230 e. The first-order valence-corrected chi connectivity index (χ1v) is 4.36. The van der Waals surface area contributed by atoms with Gasteiger partial charge in [0.1, 0.15) is 11.6 Å². The Hall–Kier alpha value is -1.75. The van der Waals surface area contributed by atoms with Crippen molar-refractivity contribution in [2.24, 2.45) is 0 Å². The number of halogens is 2. The van der Waals surface area contributed by atoms with E-state index >= 15 is 0 Å². The molecule has 0 radical (unpaired) electrons. The highest BCUT2D eigenvalue weighted by molar-refractivity contribution is 6.32. The van der Waals surface area contributed by atoms with E-state index in [1.165, 1.54) is 12.3 Å². The Bertz CT molecular complexity index is 513. The first kappa shape index (κ1) is 9.79. The Morgan fingerprint density at radius 2 is 2.13 bits per heavy atom. The van der Waals surface area contributed by atoms with E-state index in [1.807, 2.05) is 0 Å². The molecule has 1 heterocycles. The fourth-order valence-corrected chi connectivity index (χ4v) is 1.36. The van der Waals surface area contributed by atoms with Crippen LogP contribution in [0, 0.1) is 5.82 Å². The SMILES string of the molecule is Nc1oncc1-c1cc(Cl)c(O)cc1F. The number of benzene rings is 1. The minimum absolute atomic E-state index is 0.00402. The summed E-state index contributed by atoms with van der Waals surface area (Å²) in [5, 5.41) is 12.6. The van der Waals surface area contributed by atoms with Crippen molar-refractivity contribution in [3.05, 3.63) is 29.2 Å². The van der Waals surface area contributed by atoms with Crippen LogP contribution in [0.1, 0.15) is 0 Å². The van der Waals surface area contributed by atoms with Crippen molar-refractivity contribution >= 4 is 17.5 Å². The van der Waals surface area contributed by atoms with Gasteiger partial charge in [0.15, 0.2) is 0 Å². The summed E-state index contributed by atoms with van der Waals surface area (Å²) >= 11 is 5.65. The lowest BCUT2D eigenvalue weighted by molar-refractivity contribution is 0.436. The summed E-state index contributed by atoms with van der Waals surface area (Å²) in [6, 6.07) is 2.17. The van der Waals surface area contributed by atoms with Crippen molar-refractivity contribution in [2.75, 3.05) is 5.73 Å². The van der Waals surface area contributed by atoms with Gasteiger partial charge in [0.05, 0.1) is 16.8 Å². The number of aromatic hydroxyl groups is 1. The molecule has 0 aliphatic rings. The predicted molar refractivity (Wildman–Crippen MR) is 53.0 cm³/mol. The highest BCUT2D eigenvalue weighted by Crippen LogP contribution is 2.34. The van der Waals surface area contributed by atoms with Crippen molar-refractivity contribution in [3.63, 3.8) is 0 Å². The van der Waals surface area contributed by atoms with Crippen LogP contribution in [0.4, 0.5) is 10.3 Å². The van der Waals surface area contributed by atoms with Crippen LogP contribution in [-0.4, -0.2) is 10.3 Å². The second kappa shape index (κ2) is 3.43. The second-order valence-electron chi connectivity index (χ2n) is 2.89. The standard InChI is InChI=1S/C9H6ClFN2O2/c10-6-1-4(7(11)2-8(6)14)5-3-13-15-9(5)12/h1-3,14H,12H2. The Balaban J connectivity index is 2.64. The highest BCUT2D eigenvalue weighted by Gasteiger charge is 2.14. The molecule has 2 aromatic rings. The van der Waals surface area contributed by atoms with Gasteiger partial charge < -0.3 is 15.4 Å². The van der Waals surface area contributed by atoms with Crippen LogP contribution in [0.25, 0.3) is 11.1 Å². The molecule has 3 N–H and O–H groups in total. The van der Waals surface area contributed by atoms with E-state index in [-0.39, 0.29) is 22.2 Å². The molecule has 4 nitrogen and oxygen atoms in total. The van der Waals surface area contributed by atoms with Crippen LogP contribution in [0.3, 0.4) is 0 Å². The molecule has 0 unspecified atom stereocenters. The molecule has 0 bridgehead atoms. The average molecular weight is 229 g/mol. The summed E-state index contributed by atoms with van der Waals surface area (Å²) in [5.74, 6) is -0.976.